The molecule has 0 unspecified atom stereocenters. The third kappa shape index (κ3) is 4.33. The van der Waals surface area contributed by atoms with Gasteiger partial charge in [-0.15, -0.1) is 6.42 Å². The van der Waals surface area contributed by atoms with E-state index in [0.717, 1.165) is 10.0 Å². The molecule has 1 aromatic rings. The molecule has 17 heavy (non-hydrogen) atoms. The molecule has 0 bridgehead atoms. The molecular formula is C13H12BrNO2. The van der Waals surface area contributed by atoms with Crippen LogP contribution in [-0.2, 0) is 4.79 Å². The number of amides is 1. The quantitative estimate of drug-likeness (QED) is 0.683. The van der Waals surface area contributed by atoms with E-state index in [0.29, 0.717) is 5.75 Å². The van der Waals surface area contributed by atoms with Crippen LogP contribution < -0.4 is 10.1 Å². The van der Waals surface area contributed by atoms with Crippen LogP contribution in [0.3, 0.4) is 0 Å². The lowest BCUT2D eigenvalue weighted by molar-refractivity contribution is -0.116. The first-order chi connectivity index (χ1) is 8.17. The highest BCUT2D eigenvalue weighted by atomic mass is 79.9. The second kappa shape index (κ2) is 6.77. The number of hydrogen-bond acceptors (Lipinski definition) is 2. The minimum absolute atomic E-state index is 0.221. The van der Waals surface area contributed by atoms with Crippen LogP contribution in [0.4, 0.5) is 0 Å². The zero-order chi connectivity index (χ0) is 12.7. The lowest BCUT2D eigenvalue weighted by Crippen LogP contribution is -2.20. The first-order valence-corrected chi connectivity index (χ1v) is 5.69. The van der Waals surface area contributed by atoms with E-state index in [4.69, 9.17) is 11.2 Å². The van der Waals surface area contributed by atoms with E-state index in [2.05, 4.69) is 27.2 Å². The standard InChI is InChI=1S/C13H12BrNO2/c1-3-8-15-13(16)7-4-10-9-11(14)5-6-12(10)17-2/h1,4-7,9H,8H2,2H3,(H,15,16). The summed E-state index contributed by atoms with van der Waals surface area (Å²) in [6.07, 6.45) is 8.13. The van der Waals surface area contributed by atoms with Crippen molar-refractivity contribution in [2.24, 2.45) is 0 Å². The van der Waals surface area contributed by atoms with E-state index in [1.165, 1.54) is 6.08 Å². The second-order valence-electron chi connectivity index (χ2n) is 3.14. The number of nitrogens with one attached hydrogen (secondary N) is 1. The number of carbonyl (C=O) groups excluding carboxylic acids is 1. The number of terminal acetylenes is 1. The van der Waals surface area contributed by atoms with Gasteiger partial charge in [0.15, 0.2) is 0 Å². The highest BCUT2D eigenvalue weighted by Gasteiger charge is 2.01. The number of hydrogen-bond donors (Lipinski definition) is 1. The fourth-order valence-corrected chi connectivity index (χ4v) is 1.58. The van der Waals surface area contributed by atoms with E-state index in [1.54, 1.807) is 13.2 Å². The van der Waals surface area contributed by atoms with Crippen LogP contribution >= 0.6 is 15.9 Å². The van der Waals surface area contributed by atoms with E-state index in [1.807, 2.05) is 18.2 Å². The summed E-state index contributed by atoms with van der Waals surface area (Å²) in [6, 6.07) is 5.56. The van der Waals surface area contributed by atoms with Crippen molar-refractivity contribution in [3.63, 3.8) is 0 Å². The predicted octanol–water partition coefficient (Wildman–Crippen LogP) is 2.22. The van der Waals surface area contributed by atoms with Gasteiger partial charge in [-0.3, -0.25) is 4.79 Å². The number of rotatable bonds is 4. The van der Waals surface area contributed by atoms with Gasteiger partial charge in [-0.1, -0.05) is 21.9 Å². The van der Waals surface area contributed by atoms with Gasteiger partial charge in [-0.2, -0.15) is 0 Å². The highest BCUT2D eigenvalue weighted by Crippen LogP contribution is 2.23. The average Bonchev–Trinajstić information content (AvgIpc) is 2.34. The third-order valence-electron chi connectivity index (χ3n) is 1.97. The smallest absolute Gasteiger partial charge is 0.244 e. The van der Waals surface area contributed by atoms with Crippen LogP contribution in [0.15, 0.2) is 28.7 Å². The number of carbonyl (C=O) groups is 1. The van der Waals surface area contributed by atoms with Crippen molar-refractivity contribution in [3.05, 3.63) is 34.3 Å². The summed E-state index contributed by atoms with van der Waals surface area (Å²) in [5, 5.41) is 2.54. The van der Waals surface area contributed by atoms with Crippen LogP contribution in [0, 0.1) is 12.3 Å². The molecule has 0 saturated carbocycles. The Morgan fingerprint density at radius 3 is 3.06 bits per heavy atom. The minimum atomic E-state index is -0.232. The Bertz CT molecular complexity index is 475. The van der Waals surface area contributed by atoms with Gasteiger partial charge < -0.3 is 10.1 Å². The molecule has 0 spiro atoms. The zero-order valence-electron chi connectivity index (χ0n) is 9.37. The average molecular weight is 294 g/mol. The summed E-state index contributed by atoms with van der Waals surface area (Å²) in [5.74, 6) is 2.80. The van der Waals surface area contributed by atoms with Gasteiger partial charge in [0.25, 0.3) is 0 Å². The minimum Gasteiger partial charge on any atom is -0.496 e. The molecule has 0 aliphatic heterocycles. The molecule has 0 atom stereocenters. The fraction of sp³-hybridized carbons (Fsp3) is 0.154. The summed E-state index contributed by atoms with van der Waals surface area (Å²) in [7, 11) is 1.58. The molecule has 3 nitrogen and oxygen atoms in total. The van der Waals surface area contributed by atoms with Crippen LogP contribution in [0.1, 0.15) is 5.56 Å². The van der Waals surface area contributed by atoms with Crippen molar-refractivity contribution >= 4 is 27.9 Å². The second-order valence-corrected chi connectivity index (χ2v) is 4.06. The molecule has 88 valence electrons. The molecule has 0 radical (unpaired) electrons. The van der Waals surface area contributed by atoms with E-state index in [9.17, 15) is 4.79 Å². The zero-order valence-corrected chi connectivity index (χ0v) is 11.0. The summed E-state index contributed by atoms with van der Waals surface area (Å²) in [6.45, 7) is 0.221. The van der Waals surface area contributed by atoms with Crippen molar-refractivity contribution in [1.82, 2.24) is 5.32 Å². The van der Waals surface area contributed by atoms with Gasteiger partial charge >= 0.3 is 0 Å². The molecule has 4 heteroatoms. The van der Waals surface area contributed by atoms with Crippen LogP contribution in [0.25, 0.3) is 6.08 Å². The first kappa shape index (κ1) is 13.3. The molecule has 0 aromatic heterocycles. The SMILES string of the molecule is C#CCNC(=O)C=Cc1cc(Br)ccc1OC. The molecule has 0 aliphatic rings. The summed E-state index contributed by atoms with van der Waals surface area (Å²) in [5.41, 5.74) is 0.817. The molecule has 0 aliphatic carbocycles. The maximum atomic E-state index is 11.3. The molecule has 0 saturated heterocycles. The maximum absolute atomic E-state index is 11.3. The van der Waals surface area contributed by atoms with Crippen LogP contribution in [0.2, 0.25) is 0 Å². The van der Waals surface area contributed by atoms with E-state index >= 15 is 0 Å². The van der Waals surface area contributed by atoms with E-state index < -0.39 is 0 Å². The van der Waals surface area contributed by atoms with Gasteiger partial charge in [0.05, 0.1) is 13.7 Å². The van der Waals surface area contributed by atoms with Crippen LogP contribution in [0.5, 0.6) is 5.75 Å². The fourth-order valence-electron chi connectivity index (χ4n) is 1.20. The Labute approximate surface area is 109 Å². The Kier molecular flexibility index (Phi) is 5.31. The Morgan fingerprint density at radius 2 is 2.41 bits per heavy atom. The van der Waals surface area contributed by atoms with Gasteiger partial charge in [0, 0.05) is 16.1 Å². The van der Waals surface area contributed by atoms with Gasteiger partial charge in [0.2, 0.25) is 5.91 Å². The monoisotopic (exact) mass is 293 g/mol. The largest absolute Gasteiger partial charge is 0.496 e. The third-order valence-corrected chi connectivity index (χ3v) is 2.46. The molecule has 0 fully saturated rings. The molecular weight excluding hydrogens is 282 g/mol. The Hall–Kier alpha value is -1.73. The van der Waals surface area contributed by atoms with Crippen molar-refractivity contribution < 1.29 is 9.53 Å². The normalized spacial score (nSPS) is 9.94. The molecule has 0 heterocycles. The Balaban J connectivity index is 2.80. The lowest BCUT2D eigenvalue weighted by atomic mass is 10.2. The number of ether oxygens (including phenoxy) is 1. The topological polar surface area (TPSA) is 38.3 Å². The molecule has 1 amide bonds. The Morgan fingerprint density at radius 1 is 1.65 bits per heavy atom. The van der Waals surface area contributed by atoms with Crippen LogP contribution in [-0.4, -0.2) is 19.6 Å². The highest BCUT2D eigenvalue weighted by molar-refractivity contribution is 9.10. The predicted molar refractivity (Wildman–Crippen MR) is 71.6 cm³/mol. The number of halogens is 1. The van der Waals surface area contributed by atoms with Crippen molar-refractivity contribution in [2.75, 3.05) is 13.7 Å². The van der Waals surface area contributed by atoms with Crippen molar-refractivity contribution in [3.8, 4) is 18.1 Å². The van der Waals surface area contributed by atoms with Gasteiger partial charge in [-0.05, 0) is 24.3 Å². The summed E-state index contributed by atoms with van der Waals surface area (Å²) in [4.78, 5) is 11.3. The van der Waals surface area contributed by atoms with E-state index in [-0.39, 0.29) is 12.5 Å². The van der Waals surface area contributed by atoms with Gasteiger partial charge in [-0.25, -0.2) is 0 Å². The maximum Gasteiger partial charge on any atom is 0.244 e. The summed E-state index contributed by atoms with van der Waals surface area (Å²) < 4.78 is 6.10. The molecule has 1 N–H and O–H groups in total. The lowest BCUT2D eigenvalue weighted by Gasteiger charge is -2.04. The number of benzene rings is 1. The van der Waals surface area contributed by atoms with Gasteiger partial charge in [0.1, 0.15) is 5.75 Å². The first-order valence-electron chi connectivity index (χ1n) is 4.90. The molecule has 1 aromatic carbocycles. The number of methoxy groups -OCH3 is 1. The summed E-state index contributed by atoms with van der Waals surface area (Å²) >= 11 is 3.36. The van der Waals surface area contributed by atoms with Crippen molar-refractivity contribution in [2.45, 2.75) is 0 Å². The molecule has 1 rings (SSSR count). The van der Waals surface area contributed by atoms with Crippen molar-refractivity contribution in [1.29, 1.82) is 0 Å².